The Morgan fingerprint density at radius 2 is 2.30 bits per heavy atom. The molecule has 2 heterocycles. The lowest BCUT2D eigenvalue weighted by atomic mass is 10.0. The Bertz CT molecular complexity index is 572. The van der Waals surface area contributed by atoms with E-state index in [1.165, 1.54) is 23.0 Å². The Kier molecular flexibility index (Phi) is 4.03. The van der Waals surface area contributed by atoms with Gasteiger partial charge in [-0.3, -0.25) is 4.68 Å². The SMILES string of the molecule is CCNC(Cc1nn(C)c2ccccc12)C1CCCO1. The fourth-order valence-corrected chi connectivity index (χ4v) is 3.16. The van der Waals surface area contributed by atoms with Crippen LogP contribution in [-0.4, -0.2) is 35.1 Å². The third-order valence-corrected chi connectivity index (χ3v) is 4.13. The first-order chi connectivity index (χ1) is 9.79. The minimum absolute atomic E-state index is 0.329. The Morgan fingerprint density at radius 1 is 1.45 bits per heavy atom. The molecular weight excluding hydrogens is 250 g/mol. The molecule has 0 spiro atoms. The van der Waals surface area contributed by atoms with Crippen molar-refractivity contribution < 1.29 is 4.74 Å². The predicted molar refractivity (Wildman–Crippen MR) is 80.9 cm³/mol. The molecule has 108 valence electrons. The van der Waals surface area contributed by atoms with E-state index < -0.39 is 0 Å². The van der Waals surface area contributed by atoms with Crippen molar-refractivity contribution in [2.24, 2.45) is 7.05 Å². The zero-order chi connectivity index (χ0) is 13.9. The Morgan fingerprint density at radius 3 is 3.05 bits per heavy atom. The highest BCUT2D eigenvalue weighted by Gasteiger charge is 2.26. The van der Waals surface area contributed by atoms with Crippen LogP contribution in [-0.2, 0) is 18.2 Å². The number of aromatic nitrogens is 2. The Hall–Kier alpha value is -1.39. The maximum Gasteiger partial charge on any atom is 0.0732 e. The summed E-state index contributed by atoms with van der Waals surface area (Å²) in [6.45, 7) is 4.02. The molecule has 1 aliphatic heterocycles. The summed E-state index contributed by atoms with van der Waals surface area (Å²) in [6.07, 6.45) is 3.59. The lowest BCUT2D eigenvalue weighted by molar-refractivity contribution is 0.0786. The summed E-state index contributed by atoms with van der Waals surface area (Å²) in [6, 6.07) is 8.80. The molecule has 2 unspecified atom stereocenters. The van der Waals surface area contributed by atoms with E-state index in [1.807, 2.05) is 11.7 Å². The van der Waals surface area contributed by atoms with Gasteiger partial charge in [-0.25, -0.2) is 0 Å². The number of aryl methyl sites for hydroxylation is 1. The molecule has 1 aromatic carbocycles. The molecule has 4 nitrogen and oxygen atoms in total. The van der Waals surface area contributed by atoms with Crippen LogP contribution in [0.15, 0.2) is 24.3 Å². The van der Waals surface area contributed by atoms with Crippen LogP contribution >= 0.6 is 0 Å². The van der Waals surface area contributed by atoms with E-state index in [9.17, 15) is 0 Å². The summed E-state index contributed by atoms with van der Waals surface area (Å²) >= 11 is 0. The zero-order valence-electron chi connectivity index (χ0n) is 12.3. The summed E-state index contributed by atoms with van der Waals surface area (Å²) in [5, 5.41) is 9.54. The number of nitrogens with zero attached hydrogens (tertiary/aromatic N) is 2. The minimum Gasteiger partial charge on any atom is -0.377 e. The van der Waals surface area contributed by atoms with E-state index in [4.69, 9.17) is 9.84 Å². The highest BCUT2D eigenvalue weighted by atomic mass is 16.5. The van der Waals surface area contributed by atoms with Crippen molar-refractivity contribution in [3.8, 4) is 0 Å². The first kappa shape index (κ1) is 13.6. The van der Waals surface area contributed by atoms with Crippen LogP contribution in [0.4, 0.5) is 0 Å². The first-order valence-corrected chi connectivity index (χ1v) is 7.55. The Balaban J connectivity index is 1.86. The molecule has 0 saturated carbocycles. The number of benzene rings is 1. The highest BCUT2D eigenvalue weighted by Crippen LogP contribution is 2.22. The minimum atomic E-state index is 0.329. The standard InChI is InChI=1S/C16H23N3O/c1-3-17-14(16-9-6-10-20-16)11-13-12-7-4-5-8-15(12)19(2)18-13/h4-5,7-8,14,16-17H,3,6,9-11H2,1-2H3. The van der Waals surface area contributed by atoms with Crippen LogP contribution < -0.4 is 5.32 Å². The average molecular weight is 273 g/mol. The molecule has 2 aromatic rings. The molecule has 0 radical (unpaired) electrons. The van der Waals surface area contributed by atoms with Crippen LogP contribution in [0.2, 0.25) is 0 Å². The third-order valence-electron chi connectivity index (χ3n) is 4.13. The molecule has 1 fully saturated rings. The molecule has 3 rings (SSSR count). The molecule has 2 atom stereocenters. The van der Waals surface area contributed by atoms with Crippen molar-refractivity contribution in [1.29, 1.82) is 0 Å². The van der Waals surface area contributed by atoms with Crippen molar-refractivity contribution in [1.82, 2.24) is 15.1 Å². The zero-order valence-corrected chi connectivity index (χ0v) is 12.3. The van der Waals surface area contributed by atoms with Crippen molar-refractivity contribution in [3.05, 3.63) is 30.0 Å². The predicted octanol–water partition coefficient (Wildman–Crippen LogP) is 2.27. The van der Waals surface area contributed by atoms with Gasteiger partial charge in [0, 0.05) is 31.5 Å². The van der Waals surface area contributed by atoms with Crippen LogP contribution in [0.1, 0.15) is 25.5 Å². The molecule has 1 aliphatic rings. The number of fused-ring (bicyclic) bond motifs is 1. The summed E-state index contributed by atoms with van der Waals surface area (Å²) in [5.74, 6) is 0. The summed E-state index contributed by atoms with van der Waals surface area (Å²) in [7, 11) is 2.01. The lowest BCUT2D eigenvalue weighted by Crippen LogP contribution is -2.41. The van der Waals surface area contributed by atoms with Crippen LogP contribution in [0, 0.1) is 0 Å². The second-order valence-electron chi connectivity index (χ2n) is 5.51. The largest absolute Gasteiger partial charge is 0.377 e. The molecule has 0 bridgehead atoms. The average Bonchev–Trinajstić information content (AvgIpc) is 3.08. The quantitative estimate of drug-likeness (QED) is 0.908. The smallest absolute Gasteiger partial charge is 0.0732 e. The van der Waals surface area contributed by atoms with Gasteiger partial charge in [0.05, 0.1) is 17.3 Å². The number of ether oxygens (including phenoxy) is 1. The molecule has 0 aliphatic carbocycles. The van der Waals surface area contributed by atoms with Crippen LogP contribution in [0.25, 0.3) is 10.9 Å². The van der Waals surface area contributed by atoms with Crippen molar-refractivity contribution in [2.45, 2.75) is 38.3 Å². The van der Waals surface area contributed by atoms with Crippen LogP contribution in [0.3, 0.4) is 0 Å². The maximum atomic E-state index is 5.86. The molecular formula is C16H23N3O. The number of rotatable bonds is 5. The Labute approximate surface area is 120 Å². The van der Waals surface area contributed by atoms with Crippen molar-refractivity contribution in [3.63, 3.8) is 0 Å². The van der Waals surface area contributed by atoms with E-state index in [-0.39, 0.29) is 0 Å². The van der Waals surface area contributed by atoms with Gasteiger partial charge in [-0.15, -0.1) is 0 Å². The van der Waals surface area contributed by atoms with E-state index in [0.717, 1.165) is 26.0 Å². The van der Waals surface area contributed by atoms with Gasteiger partial charge in [-0.1, -0.05) is 25.1 Å². The molecule has 0 amide bonds. The van der Waals surface area contributed by atoms with E-state index in [1.54, 1.807) is 0 Å². The first-order valence-electron chi connectivity index (χ1n) is 7.55. The second kappa shape index (κ2) is 5.94. The molecule has 1 saturated heterocycles. The summed E-state index contributed by atoms with van der Waals surface area (Å²) < 4.78 is 7.84. The second-order valence-corrected chi connectivity index (χ2v) is 5.51. The third kappa shape index (κ3) is 2.58. The van der Waals surface area contributed by atoms with Gasteiger partial charge in [0.2, 0.25) is 0 Å². The van der Waals surface area contributed by atoms with Gasteiger partial charge >= 0.3 is 0 Å². The van der Waals surface area contributed by atoms with Gasteiger partial charge in [0.1, 0.15) is 0 Å². The fraction of sp³-hybridized carbons (Fsp3) is 0.562. The molecule has 1 N–H and O–H groups in total. The van der Waals surface area contributed by atoms with Gasteiger partial charge in [-0.05, 0) is 25.5 Å². The van der Waals surface area contributed by atoms with Crippen molar-refractivity contribution in [2.75, 3.05) is 13.2 Å². The summed E-state index contributed by atoms with van der Waals surface area (Å²) in [5.41, 5.74) is 2.37. The maximum absolute atomic E-state index is 5.86. The van der Waals surface area contributed by atoms with E-state index >= 15 is 0 Å². The molecule has 1 aromatic heterocycles. The highest BCUT2D eigenvalue weighted by molar-refractivity contribution is 5.81. The topological polar surface area (TPSA) is 39.1 Å². The van der Waals surface area contributed by atoms with E-state index in [2.05, 4.69) is 36.5 Å². The molecule has 20 heavy (non-hydrogen) atoms. The monoisotopic (exact) mass is 273 g/mol. The number of hydrogen-bond acceptors (Lipinski definition) is 3. The van der Waals surface area contributed by atoms with Crippen molar-refractivity contribution >= 4 is 10.9 Å². The summed E-state index contributed by atoms with van der Waals surface area (Å²) in [4.78, 5) is 0. The van der Waals surface area contributed by atoms with Gasteiger partial charge in [0.25, 0.3) is 0 Å². The van der Waals surface area contributed by atoms with Gasteiger partial charge in [0.15, 0.2) is 0 Å². The number of para-hydroxylation sites is 1. The molecule has 4 heteroatoms. The lowest BCUT2D eigenvalue weighted by Gasteiger charge is -2.23. The van der Waals surface area contributed by atoms with E-state index in [0.29, 0.717) is 12.1 Å². The number of nitrogens with one attached hydrogen (secondary N) is 1. The van der Waals surface area contributed by atoms with Gasteiger partial charge < -0.3 is 10.1 Å². The normalized spacial score (nSPS) is 20.6. The van der Waals surface area contributed by atoms with Gasteiger partial charge in [-0.2, -0.15) is 5.10 Å². The van der Waals surface area contributed by atoms with Crippen LogP contribution in [0.5, 0.6) is 0 Å². The fourth-order valence-electron chi connectivity index (χ4n) is 3.16. The number of hydrogen-bond donors (Lipinski definition) is 1. The number of likely N-dealkylation sites (N-methyl/N-ethyl adjacent to an activating group) is 1.